The minimum Gasteiger partial charge on any atom is -0.493 e. The van der Waals surface area contributed by atoms with Crippen molar-refractivity contribution in [1.29, 1.82) is 5.26 Å². The van der Waals surface area contributed by atoms with Gasteiger partial charge in [0.25, 0.3) is 0 Å². The van der Waals surface area contributed by atoms with Crippen LogP contribution in [0.2, 0.25) is 0 Å². The van der Waals surface area contributed by atoms with E-state index in [1.165, 1.54) is 5.56 Å². The number of rotatable bonds is 1. The first-order chi connectivity index (χ1) is 8.51. The van der Waals surface area contributed by atoms with Crippen LogP contribution in [0.15, 0.2) is 12.1 Å². The lowest BCUT2D eigenvalue weighted by molar-refractivity contribution is 0.202. The van der Waals surface area contributed by atoms with Gasteiger partial charge < -0.3 is 4.74 Å². The zero-order valence-corrected chi connectivity index (χ0v) is 11.6. The third-order valence-electron chi connectivity index (χ3n) is 3.75. The van der Waals surface area contributed by atoms with Gasteiger partial charge in [-0.1, -0.05) is 6.07 Å². The summed E-state index contributed by atoms with van der Waals surface area (Å²) >= 11 is 0. The monoisotopic (exact) mass is 244 g/mol. The van der Waals surface area contributed by atoms with E-state index in [-0.39, 0.29) is 0 Å². The van der Waals surface area contributed by atoms with Gasteiger partial charge in [0, 0.05) is 5.56 Å². The summed E-state index contributed by atoms with van der Waals surface area (Å²) in [6, 6.07) is 6.69. The summed E-state index contributed by atoms with van der Waals surface area (Å²) in [5.41, 5.74) is 2.79. The van der Waals surface area contributed by atoms with Gasteiger partial charge in [-0.2, -0.15) is 5.26 Å². The lowest BCUT2D eigenvalue weighted by Crippen LogP contribution is -2.40. The summed E-state index contributed by atoms with van der Waals surface area (Å²) in [5, 5.41) is 9.73. The van der Waals surface area contributed by atoms with E-state index < -0.39 is 5.54 Å². The van der Waals surface area contributed by atoms with Gasteiger partial charge in [0.05, 0.1) is 12.7 Å². The highest BCUT2D eigenvalue weighted by Gasteiger charge is 2.40. The molecule has 0 amide bonds. The fourth-order valence-electron chi connectivity index (χ4n) is 2.87. The van der Waals surface area contributed by atoms with Crippen molar-refractivity contribution in [2.75, 3.05) is 20.7 Å². The predicted molar refractivity (Wildman–Crippen MR) is 71.6 cm³/mol. The van der Waals surface area contributed by atoms with E-state index in [4.69, 9.17) is 4.74 Å². The predicted octanol–water partition coefficient (Wildman–Crippen LogP) is 2.76. The molecular weight excluding hydrogens is 224 g/mol. The van der Waals surface area contributed by atoms with Gasteiger partial charge in [-0.05, 0) is 58.0 Å². The lowest BCUT2D eigenvalue weighted by atomic mass is 9.82. The minimum absolute atomic E-state index is 0.566. The van der Waals surface area contributed by atoms with Crippen LogP contribution in [-0.4, -0.2) is 25.6 Å². The van der Waals surface area contributed by atoms with Gasteiger partial charge in [0.1, 0.15) is 11.3 Å². The Morgan fingerprint density at radius 3 is 2.67 bits per heavy atom. The van der Waals surface area contributed by atoms with Gasteiger partial charge in [-0.3, -0.25) is 4.90 Å². The van der Waals surface area contributed by atoms with E-state index in [9.17, 15) is 5.26 Å². The van der Waals surface area contributed by atoms with Crippen LogP contribution in [0.25, 0.3) is 0 Å². The van der Waals surface area contributed by atoms with Crippen LogP contribution in [0.5, 0.6) is 5.75 Å². The zero-order valence-electron chi connectivity index (χ0n) is 11.6. The van der Waals surface area contributed by atoms with Gasteiger partial charge in [-0.15, -0.1) is 0 Å². The summed E-state index contributed by atoms with van der Waals surface area (Å²) in [5.74, 6) is 0.875. The van der Waals surface area contributed by atoms with Crippen molar-refractivity contribution < 1.29 is 4.74 Å². The molecule has 1 aliphatic rings. The van der Waals surface area contributed by atoms with Crippen LogP contribution in [0.1, 0.15) is 29.5 Å². The molecule has 1 unspecified atom stereocenters. The number of nitriles is 1. The van der Waals surface area contributed by atoms with Gasteiger partial charge in [-0.25, -0.2) is 0 Å². The molecule has 18 heavy (non-hydrogen) atoms. The molecule has 0 N–H and O–H groups in total. The van der Waals surface area contributed by atoms with Crippen LogP contribution in [0.4, 0.5) is 0 Å². The first-order valence-electron chi connectivity index (χ1n) is 6.34. The number of hydrogen-bond acceptors (Lipinski definition) is 3. The second-order valence-electron chi connectivity index (χ2n) is 5.27. The zero-order chi connectivity index (χ0) is 13.3. The van der Waals surface area contributed by atoms with Gasteiger partial charge >= 0.3 is 0 Å². The smallest absolute Gasteiger partial charge is 0.138 e. The Labute approximate surface area is 109 Å². The maximum absolute atomic E-state index is 9.73. The van der Waals surface area contributed by atoms with E-state index in [2.05, 4.69) is 26.0 Å². The topological polar surface area (TPSA) is 36.3 Å². The molecule has 1 heterocycles. The Hall–Kier alpha value is -1.53. The van der Waals surface area contributed by atoms with Crippen LogP contribution < -0.4 is 4.74 Å². The Morgan fingerprint density at radius 1 is 1.33 bits per heavy atom. The molecule has 2 rings (SSSR count). The van der Waals surface area contributed by atoms with Crippen molar-refractivity contribution in [2.45, 2.75) is 32.2 Å². The molecule has 0 aliphatic carbocycles. The van der Waals surface area contributed by atoms with Gasteiger partial charge in [0.15, 0.2) is 0 Å². The van der Waals surface area contributed by atoms with Crippen LogP contribution >= 0.6 is 0 Å². The highest BCUT2D eigenvalue weighted by atomic mass is 16.5. The van der Waals surface area contributed by atoms with Crippen LogP contribution in [-0.2, 0) is 5.54 Å². The Balaban J connectivity index is 2.72. The number of aryl methyl sites for hydroxylation is 2. The molecule has 0 radical (unpaired) electrons. The Bertz CT molecular complexity index is 502. The normalized spacial score (nSPS) is 22.9. The molecule has 96 valence electrons. The van der Waals surface area contributed by atoms with Crippen molar-refractivity contribution >= 4 is 0 Å². The molecule has 1 aromatic rings. The van der Waals surface area contributed by atoms with Gasteiger partial charge in [0.2, 0.25) is 0 Å². The van der Waals surface area contributed by atoms with Crippen molar-refractivity contribution in [3.8, 4) is 11.8 Å². The molecule has 0 spiro atoms. The highest BCUT2D eigenvalue weighted by Crippen LogP contribution is 2.41. The number of nitrogens with zero attached hydrogens (tertiary/aromatic N) is 2. The molecule has 1 aromatic carbocycles. The fourth-order valence-corrected chi connectivity index (χ4v) is 2.87. The summed E-state index contributed by atoms with van der Waals surface area (Å²) in [6.07, 6.45) is 1.71. The summed E-state index contributed by atoms with van der Waals surface area (Å²) < 4.78 is 5.84. The second-order valence-corrected chi connectivity index (χ2v) is 5.27. The van der Waals surface area contributed by atoms with E-state index >= 15 is 0 Å². The van der Waals surface area contributed by atoms with E-state index in [0.717, 1.165) is 29.7 Å². The molecule has 3 nitrogen and oxygen atoms in total. The Morgan fingerprint density at radius 2 is 2.06 bits per heavy atom. The van der Waals surface area contributed by atoms with Crippen molar-refractivity contribution in [3.63, 3.8) is 0 Å². The molecular formula is C15H20N2O. The summed E-state index contributed by atoms with van der Waals surface area (Å²) in [7, 11) is 3.94. The van der Waals surface area contributed by atoms with E-state index in [0.29, 0.717) is 6.61 Å². The van der Waals surface area contributed by atoms with Crippen molar-refractivity contribution in [3.05, 3.63) is 28.8 Å². The summed E-state index contributed by atoms with van der Waals surface area (Å²) in [4.78, 5) is 2.02. The third-order valence-corrected chi connectivity index (χ3v) is 3.75. The number of hydrogen-bond donors (Lipinski definition) is 0. The average Bonchev–Trinajstić information content (AvgIpc) is 2.48. The molecule has 0 bridgehead atoms. The minimum atomic E-state index is -0.566. The first-order valence-corrected chi connectivity index (χ1v) is 6.34. The number of fused-ring (bicyclic) bond motifs is 1. The number of benzene rings is 1. The summed E-state index contributed by atoms with van der Waals surface area (Å²) in [6.45, 7) is 4.81. The molecule has 3 heteroatoms. The molecule has 0 saturated heterocycles. The van der Waals surface area contributed by atoms with Crippen LogP contribution in [0.3, 0.4) is 0 Å². The SMILES string of the molecule is Cc1cc(C)c2c(c1)OCCCC2(C#N)N(C)C. The fraction of sp³-hybridized carbons (Fsp3) is 0.533. The number of ether oxygens (including phenoxy) is 1. The Kier molecular flexibility index (Phi) is 3.32. The lowest BCUT2D eigenvalue weighted by Gasteiger charge is -2.34. The van der Waals surface area contributed by atoms with Crippen LogP contribution in [0, 0.1) is 25.2 Å². The first kappa shape index (κ1) is 12.9. The van der Waals surface area contributed by atoms with E-state index in [1.54, 1.807) is 0 Å². The molecule has 0 saturated carbocycles. The quantitative estimate of drug-likeness (QED) is 0.762. The molecule has 0 fully saturated rings. The third kappa shape index (κ3) is 1.87. The van der Waals surface area contributed by atoms with Crippen molar-refractivity contribution in [1.82, 2.24) is 4.90 Å². The van der Waals surface area contributed by atoms with E-state index in [1.807, 2.05) is 25.1 Å². The largest absolute Gasteiger partial charge is 0.493 e. The maximum atomic E-state index is 9.73. The molecule has 1 atom stereocenters. The average molecular weight is 244 g/mol. The molecule has 1 aliphatic heterocycles. The standard InChI is InChI=1S/C15H20N2O/c1-11-8-12(2)14-13(9-11)18-7-5-6-15(14,10-16)17(3)4/h8-9H,5-7H2,1-4H3. The molecule has 0 aromatic heterocycles. The maximum Gasteiger partial charge on any atom is 0.138 e. The highest BCUT2D eigenvalue weighted by molar-refractivity contribution is 5.50. The van der Waals surface area contributed by atoms with Crippen molar-refractivity contribution in [2.24, 2.45) is 0 Å². The second kappa shape index (κ2) is 4.62.